The zero-order valence-electron chi connectivity index (χ0n) is 11.1. The van der Waals surface area contributed by atoms with Crippen molar-refractivity contribution >= 4 is 21.7 Å². The SMILES string of the molecule is CNCc1cc(Br)cnc1N1CCCN(C)CC1. The first-order chi connectivity index (χ1) is 8.70. The third-order valence-corrected chi connectivity index (χ3v) is 3.73. The van der Waals surface area contributed by atoms with Crippen LogP contribution in [0, 0.1) is 0 Å². The van der Waals surface area contributed by atoms with E-state index in [0.717, 1.165) is 36.5 Å². The van der Waals surface area contributed by atoms with Gasteiger partial charge in [-0.15, -0.1) is 0 Å². The van der Waals surface area contributed by atoms with Gasteiger partial charge in [-0.1, -0.05) is 0 Å². The molecule has 1 aromatic heterocycles. The van der Waals surface area contributed by atoms with Crippen LogP contribution < -0.4 is 10.2 Å². The van der Waals surface area contributed by atoms with Crippen molar-refractivity contribution in [3.8, 4) is 0 Å². The van der Waals surface area contributed by atoms with Gasteiger partial charge in [0.15, 0.2) is 0 Å². The lowest BCUT2D eigenvalue weighted by molar-refractivity contribution is 0.360. The fourth-order valence-corrected chi connectivity index (χ4v) is 2.72. The van der Waals surface area contributed by atoms with E-state index in [1.807, 2.05) is 13.2 Å². The smallest absolute Gasteiger partial charge is 0.133 e. The second-order valence-electron chi connectivity index (χ2n) is 4.81. The number of halogens is 1. The molecule has 1 aliphatic heterocycles. The van der Waals surface area contributed by atoms with Gasteiger partial charge in [-0.25, -0.2) is 4.98 Å². The fraction of sp³-hybridized carbons (Fsp3) is 0.615. The van der Waals surface area contributed by atoms with Crippen molar-refractivity contribution in [2.24, 2.45) is 0 Å². The van der Waals surface area contributed by atoms with Crippen molar-refractivity contribution < 1.29 is 0 Å². The van der Waals surface area contributed by atoms with Gasteiger partial charge in [0.2, 0.25) is 0 Å². The van der Waals surface area contributed by atoms with Gasteiger partial charge in [0.05, 0.1) is 0 Å². The topological polar surface area (TPSA) is 31.4 Å². The first kappa shape index (κ1) is 13.8. The van der Waals surface area contributed by atoms with E-state index in [9.17, 15) is 0 Å². The Kier molecular flexibility index (Phi) is 4.97. The van der Waals surface area contributed by atoms with Crippen LogP contribution in [0.2, 0.25) is 0 Å². The van der Waals surface area contributed by atoms with Crippen LogP contribution in [0.1, 0.15) is 12.0 Å². The highest BCUT2D eigenvalue weighted by Crippen LogP contribution is 2.22. The summed E-state index contributed by atoms with van der Waals surface area (Å²) in [6.07, 6.45) is 3.09. The molecular formula is C13H21BrN4. The lowest BCUT2D eigenvalue weighted by Crippen LogP contribution is -2.30. The summed E-state index contributed by atoms with van der Waals surface area (Å²) in [6.45, 7) is 5.29. The highest BCUT2D eigenvalue weighted by Gasteiger charge is 2.16. The van der Waals surface area contributed by atoms with Crippen LogP contribution in [0.15, 0.2) is 16.7 Å². The minimum absolute atomic E-state index is 0.855. The highest BCUT2D eigenvalue weighted by molar-refractivity contribution is 9.10. The molecule has 1 aromatic rings. The second kappa shape index (κ2) is 6.50. The Hall–Kier alpha value is -0.650. The van der Waals surface area contributed by atoms with E-state index in [4.69, 9.17) is 0 Å². The van der Waals surface area contributed by atoms with Gasteiger partial charge < -0.3 is 15.1 Å². The Morgan fingerprint density at radius 1 is 1.33 bits per heavy atom. The second-order valence-corrected chi connectivity index (χ2v) is 5.73. The Morgan fingerprint density at radius 2 is 2.17 bits per heavy atom. The summed E-state index contributed by atoms with van der Waals surface area (Å²) in [4.78, 5) is 9.40. The summed E-state index contributed by atoms with van der Waals surface area (Å²) < 4.78 is 1.04. The average Bonchev–Trinajstić information content (AvgIpc) is 2.55. The van der Waals surface area contributed by atoms with Crippen LogP contribution in [0.25, 0.3) is 0 Å². The van der Waals surface area contributed by atoms with E-state index < -0.39 is 0 Å². The molecule has 1 fully saturated rings. The maximum absolute atomic E-state index is 4.61. The third kappa shape index (κ3) is 3.43. The predicted octanol–water partition coefficient (Wildman–Crippen LogP) is 1.71. The average molecular weight is 313 g/mol. The molecule has 18 heavy (non-hydrogen) atoms. The molecule has 0 radical (unpaired) electrons. The molecule has 0 atom stereocenters. The zero-order valence-corrected chi connectivity index (χ0v) is 12.7. The summed E-state index contributed by atoms with van der Waals surface area (Å²) in [5.74, 6) is 1.13. The van der Waals surface area contributed by atoms with Crippen molar-refractivity contribution in [3.05, 3.63) is 22.3 Å². The van der Waals surface area contributed by atoms with Crippen LogP contribution >= 0.6 is 15.9 Å². The molecule has 2 heterocycles. The van der Waals surface area contributed by atoms with Crippen LogP contribution in [0.3, 0.4) is 0 Å². The Morgan fingerprint density at radius 3 is 2.94 bits per heavy atom. The molecule has 1 saturated heterocycles. The quantitative estimate of drug-likeness (QED) is 0.920. The molecule has 4 nitrogen and oxygen atoms in total. The molecule has 1 N–H and O–H groups in total. The van der Waals surface area contributed by atoms with E-state index in [1.54, 1.807) is 0 Å². The molecular weight excluding hydrogens is 292 g/mol. The fourth-order valence-electron chi connectivity index (χ4n) is 2.34. The molecule has 1 aliphatic rings. The molecule has 100 valence electrons. The minimum atomic E-state index is 0.855. The Balaban J connectivity index is 2.20. The van der Waals surface area contributed by atoms with Crippen molar-refractivity contribution in [2.45, 2.75) is 13.0 Å². The molecule has 0 bridgehead atoms. The van der Waals surface area contributed by atoms with Crippen LogP contribution in [-0.2, 0) is 6.54 Å². The van der Waals surface area contributed by atoms with E-state index >= 15 is 0 Å². The molecule has 5 heteroatoms. The lowest BCUT2D eigenvalue weighted by atomic mass is 10.2. The first-order valence-electron chi connectivity index (χ1n) is 6.43. The number of hydrogen-bond donors (Lipinski definition) is 1. The molecule has 0 aliphatic carbocycles. The van der Waals surface area contributed by atoms with Gasteiger partial charge in [-0.05, 0) is 49.1 Å². The van der Waals surface area contributed by atoms with Gasteiger partial charge >= 0.3 is 0 Å². The van der Waals surface area contributed by atoms with Crippen molar-refractivity contribution in [1.29, 1.82) is 0 Å². The maximum atomic E-state index is 4.61. The Labute approximate surface area is 118 Å². The van der Waals surface area contributed by atoms with Crippen molar-refractivity contribution in [2.75, 3.05) is 45.2 Å². The summed E-state index contributed by atoms with van der Waals surface area (Å²) in [7, 11) is 4.16. The van der Waals surface area contributed by atoms with Gasteiger partial charge in [-0.3, -0.25) is 0 Å². The van der Waals surface area contributed by atoms with Gasteiger partial charge in [0.1, 0.15) is 5.82 Å². The van der Waals surface area contributed by atoms with E-state index in [-0.39, 0.29) is 0 Å². The predicted molar refractivity (Wildman–Crippen MR) is 79.0 cm³/mol. The minimum Gasteiger partial charge on any atom is -0.355 e. The Bertz CT molecular complexity index is 397. The van der Waals surface area contributed by atoms with E-state index in [0.29, 0.717) is 0 Å². The number of pyridine rings is 1. The lowest BCUT2D eigenvalue weighted by Gasteiger charge is -2.24. The number of nitrogens with one attached hydrogen (secondary N) is 1. The molecule has 2 rings (SSSR count). The number of likely N-dealkylation sites (N-methyl/N-ethyl adjacent to an activating group) is 1. The van der Waals surface area contributed by atoms with Gasteiger partial charge in [0.25, 0.3) is 0 Å². The van der Waals surface area contributed by atoms with Crippen LogP contribution in [0.5, 0.6) is 0 Å². The molecule has 0 unspecified atom stereocenters. The maximum Gasteiger partial charge on any atom is 0.133 e. The van der Waals surface area contributed by atoms with E-state index in [1.165, 1.54) is 18.5 Å². The van der Waals surface area contributed by atoms with E-state index in [2.05, 4.69) is 49.1 Å². The van der Waals surface area contributed by atoms with Gasteiger partial charge in [0, 0.05) is 42.4 Å². The third-order valence-electron chi connectivity index (χ3n) is 3.30. The van der Waals surface area contributed by atoms with Gasteiger partial charge in [-0.2, -0.15) is 0 Å². The summed E-state index contributed by atoms with van der Waals surface area (Å²) in [6, 6.07) is 2.16. The summed E-state index contributed by atoms with van der Waals surface area (Å²) in [5.41, 5.74) is 1.26. The first-order valence-corrected chi connectivity index (χ1v) is 7.22. The van der Waals surface area contributed by atoms with Crippen LogP contribution in [-0.4, -0.2) is 50.2 Å². The molecule has 0 saturated carbocycles. The van der Waals surface area contributed by atoms with Crippen molar-refractivity contribution in [3.63, 3.8) is 0 Å². The zero-order chi connectivity index (χ0) is 13.0. The molecule has 0 aromatic carbocycles. The highest BCUT2D eigenvalue weighted by atomic mass is 79.9. The monoisotopic (exact) mass is 312 g/mol. The number of rotatable bonds is 3. The largest absolute Gasteiger partial charge is 0.355 e. The standard InChI is InChI=1S/C13H21BrN4/c1-15-9-11-8-12(14)10-16-13(11)18-5-3-4-17(2)6-7-18/h8,10,15H,3-7,9H2,1-2H3. The number of aromatic nitrogens is 1. The number of anilines is 1. The van der Waals surface area contributed by atoms with Crippen LogP contribution in [0.4, 0.5) is 5.82 Å². The number of nitrogens with zero attached hydrogens (tertiary/aromatic N) is 3. The van der Waals surface area contributed by atoms with Crippen molar-refractivity contribution in [1.82, 2.24) is 15.2 Å². The summed E-state index contributed by atoms with van der Waals surface area (Å²) in [5, 5.41) is 3.22. The number of hydrogen-bond acceptors (Lipinski definition) is 4. The molecule has 0 spiro atoms. The summed E-state index contributed by atoms with van der Waals surface area (Å²) >= 11 is 3.50. The normalized spacial score (nSPS) is 17.8. The molecule has 0 amide bonds.